The predicted octanol–water partition coefficient (Wildman–Crippen LogP) is -0.147. The molecule has 1 rings (SSSR count). The Hall–Kier alpha value is -1.85. The van der Waals surface area contributed by atoms with Crippen LogP contribution in [0.2, 0.25) is 0 Å². The summed E-state index contributed by atoms with van der Waals surface area (Å²) in [5, 5.41) is 12.5. The van der Waals surface area contributed by atoms with Gasteiger partial charge in [0, 0.05) is 32.3 Å². The highest BCUT2D eigenvalue weighted by Crippen LogP contribution is 2.03. The molecule has 1 heterocycles. The number of aryl methyl sites for hydroxylation is 1. The molecule has 0 radical (unpaired) electrons. The van der Waals surface area contributed by atoms with E-state index < -0.39 is 5.97 Å². The van der Waals surface area contributed by atoms with E-state index >= 15 is 0 Å². The third-order valence-electron chi connectivity index (χ3n) is 1.90. The number of carbonyl (C=O) groups excluding carboxylic acids is 1. The van der Waals surface area contributed by atoms with E-state index in [1.807, 2.05) is 0 Å². The molecule has 82 valence electrons. The van der Waals surface area contributed by atoms with Gasteiger partial charge in [0.05, 0.1) is 6.20 Å². The van der Waals surface area contributed by atoms with Crippen LogP contribution in [0, 0.1) is 0 Å². The van der Waals surface area contributed by atoms with Crippen molar-refractivity contribution in [3.63, 3.8) is 0 Å². The third-order valence-corrected chi connectivity index (χ3v) is 1.90. The highest BCUT2D eigenvalue weighted by molar-refractivity contribution is 5.79. The first-order valence-electron chi connectivity index (χ1n) is 4.44. The Bertz CT molecular complexity index is 372. The smallest absolute Gasteiger partial charge is 0.323 e. The average molecular weight is 211 g/mol. The van der Waals surface area contributed by atoms with E-state index in [9.17, 15) is 9.59 Å². The molecule has 0 atom stereocenters. The van der Waals surface area contributed by atoms with Crippen molar-refractivity contribution in [3.8, 4) is 0 Å². The van der Waals surface area contributed by atoms with Crippen LogP contribution in [-0.4, -0.2) is 38.2 Å². The standard InChI is InChI=1S/C9H13N3O3/c1-7(13)12(6-9(14)15)5-8-3-10-11(2)4-8/h3-4H,5-6H2,1-2H3,(H,14,15). The molecule has 0 saturated carbocycles. The van der Waals surface area contributed by atoms with Crippen molar-refractivity contribution in [1.82, 2.24) is 14.7 Å². The van der Waals surface area contributed by atoms with Crippen LogP contribution in [0.1, 0.15) is 12.5 Å². The summed E-state index contributed by atoms with van der Waals surface area (Å²) in [5.74, 6) is -1.28. The van der Waals surface area contributed by atoms with Crippen LogP contribution in [0.15, 0.2) is 12.4 Å². The molecule has 1 aromatic heterocycles. The van der Waals surface area contributed by atoms with Gasteiger partial charge in [-0.2, -0.15) is 5.10 Å². The van der Waals surface area contributed by atoms with E-state index in [1.54, 1.807) is 24.1 Å². The van der Waals surface area contributed by atoms with E-state index in [2.05, 4.69) is 5.10 Å². The highest BCUT2D eigenvalue weighted by Gasteiger charge is 2.13. The summed E-state index contributed by atoms with van der Waals surface area (Å²) in [4.78, 5) is 22.9. The van der Waals surface area contributed by atoms with Crippen LogP contribution < -0.4 is 0 Å². The fraction of sp³-hybridized carbons (Fsp3) is 0.444. The molecule has 15 heavy (non-hydrogen) atoms. The van der Waals surface area contributed by atoms with Crippen molar-refractivity contribution in [3.05, 3.63) is 18.0 Å². The van der Waals surface area contributed by atoms with Gasteiger partial charge in [-0.1, -0.05) is 0 Å². The van der Waals surface area contributed by atoms with Gasteiger partial charge < -0.3 is 10.0 Å². The second-order valence-electron chi connectivity index (χ2n) is 3.29. The van der Waals surface area contributed by atoms with E-state index in [0.29, 0.717) is 0 Å². The summed E-state index contributed by atoms with van der Waals surface area (Å²) in [7, 11) is 1.76. The van der Waals surface area contributed by atoms with E-state index in [0.717, 1.165) is 5.56 Å². The van der Waals surface area contributed by atoms with E-state index in [4.69, 9.17) is 5.11 Å². The lowest BCUT2D eigenvalue weighted by Gasteiger charge is -2.17. The number of rotatable bonds is 4. The van der Waals surface area contributed by atoms with Crippen molar-refractivity contribution in [1.29, 1.82) is 0 Å². The number of carboxylic acids is 1. The van der Waals surface area contributed by atoms with Crippen molar-refractivity contribution in [2.75, 3.05) is 6.54 Å². The third kappa shape index (κ3) is 3.41. The molecule has 1 N–H and O–H groups in total. The Morgan fingerprint density at radius 3 is 2.67 bits per heavy atom. The van der Waals surface area contributed by atoms with Crippen LogP contribution in [0.5, 0.6) is 0 Å². The molecule has 0 unspecified atom stereocenters. The number of carbonyl (C=O) groups is 2. The van der Waals surface area contributed by atoms with Crippen LogP contribution in [0.25, 0.3) is 0 Å². The van der Waals surface area contributed by atoms with E-state index in [-0.39, 0.29) is 19.0 Å². The zero-order valence-electron chi connectivity index (χ0n) is 8.67. The zero-order chi connectivity index (χ0) is 11.4. The van der Waals surface area contributed by atoms with Crippen LogP contribution >= 0.6 is 0 Å². The molecular weight excluding hydrogens is 198 g/mol. The van der Waals surface area contributed by atoms with Crippen molar-refractivity contribution in [2.24, 2.45) is 7.05 Å². The van der Waals surface area contributed by atoms with Gasteiger partial charge in [0.25, 0.3) is 0 Å². The number of hydrogen-bond acceptors (Lipinski definition) is 3. The number of hydrogen-bond donors (Lipinski definition) is 1. The quantitative estimate of drug-likeness (QED) is 0.751. The lowest BCUT2D eigenvalue weighted by atomic mass is 10.3. The normalized spacial score (nSPS) is 10.0. The molecule has 0 aromatic carbocycles. The largest absolute Gasteiger partial charge is 0.480 e. The van der Waals surface area contributed by atoms with Gasteiger partial charge in [0.15, 0.2) is 0 Å². The maximum absolute atomic E-state index is 11.1. The van der Waals surface area contributed by atoms with Crippen molar-refractivity contribution < 1.29 is 14.7 Å². The summed E-state index contributed by atoms with van der Waals surface area (Å²) in [6, 6.07) is 0. The topological polar surface area (TPSA) is 75.4 Å². The molecule has 0 saturated heterocycles. The average Bonchev–Trinajstić information content (AvgIpc) is 2.49. The molecule has 0 spiro atoms. The van der Waals surface area contributed by atoms with Crippen LogP contribution in [-0.2, 0) is 23.2 Å². The monoisotopic (exact) mass is 211 g/mol. The van der Waals surface area contributed by atoms with E-state index in [1.165, 1.54) is 11.8 Å². The maximum Gasteiger partial charge on any atom is 0.323 e. The minimum atomic E-state index is -1.02. The summed E-state index contributed by atoms with van der Waals surface area (Å²) < 4.78 is 1.61. The Morgan fingerprint density at radius 2 is 2.27 bits per heavy atom. The van der Waals surface area contributed by atoms with Gasteiger partial charge in [0.2, 0.25) is 5.91 Å². The first kappa shape index (κ1) is 11.2. The van der Waals surface area contributed by atoms with Crippen LogP contribution in [0.3, 0.4) is 0 Å². The Labute approximate surface area is 87.1 Å². The molecule has 1 amide bonds. The second kappa shape index (κ2) is 4.59. The molecule has 0 aliphatic carbocycles. The second-order valence-corrected chi connectivity index (χ2v) is 3.29. The fourth-order valence-corrected chi connectivity index (χ4v) is 1.22. The predicted molar refractivity (Wildman–Crippen MR) is 51.9 cm³/mol. The van der Waals surface area contributed by atoms with Gasteiger partial charge in [-0.3, -0.25) is 14.3 Å². The van der Waals surface area contributed by atoms with Gasteiger partial charge >= 0.3 is 5.97 Å². The summed E-state index contributed by atoms with van der Waals surface area (Å²) >= 11 is 0. The molecule has 0 aliphatic heterocycles. The zero-order valence-corrected chi connectivity index (χ0v) is 8.67. The van der Waals surface area contributed by atoms with Crippen molar-refractivity contribution >= 4 is 11.9 Å². The molecule has 0 bridgehead atoms. The molecule has 1 aromatic rings. The number of aliphatic carboxylic acids is 1. The fourth-order valence-electron chi connectivity index (χ4n) is 1.22. The molecule has 6 nitrogen and oxygen atoms in total. The molecule has 0 fully saturated rings. The summed E-state index contributed by atoms with van der Waals surface area (Å²) in [6.07, 6.45) is 3.36. The van der Waals surface area contributed by atoms with Gasteiger partial charge in [-0.25, -0.2) is 0 Å². The first-order valence-corrected chi connectivity index (χ1v) is 4.44. The van der Waals surface area contributed by atoms with Crippen molar-refractivity contribution in [2.45, 2.75) is 13.5 Å². The minimum absolute atomic E-state index is 0.263. The lowest BCUT2D eigenvalue weighted by molar-refractivity contribution is -0.144. The Morgan fingerprint density at radius 1 is 1.60 bits per heavy atom. The lowest BCUT2D eigenvalue weighted by Crippen LogP contribution is -2.33. The Balaban J connectivity index is 2.66. The molecule has 0 aliphatic rings. The van der Waals surface area contributed by atoms with Crippen LogP contribution in [0.4, 0.5) is 0 Å². The summed E-state index contributed by atoms with van der Waals surface area (Å²) in [5.41, 5.74) is 0.814. The molecule has 6 heteroatoms. The highest BCUT2D eigenvalue weighted by atomic mass is 16.4. The number of carboxylic acid groups (broad SMARTS) is 1. The number of nitrogens with zero attached hydrogens (tertiary/aromatic N) is 3. The maximum atomic E-state index is 11.1. The van der Waals surface area contributed by atoms with Gasteiger partial charge in [0.1, 0.15) is 6.54 Å². The van der Waals surface area contributed by atoms with Gasteiger partial charge in [-0.15, -0.1) is 0 Å². The Kier molecular flexibility index (Phi) is 3.43. The summed E-state index contributed by atoms with van der Waals surface area (Å²) in [6.45, 7) is 1.33. The first-order chi connectivity index (χ1) is 6.99. The van der Waals surface area contributed by atoms with Gasteiger partial charge in [-0.05, 0) is 0 Å². The SMILES string of the molecule is CC(=O)N(CC(=O)O)Cc1cnn(C)c1. The minimum Gasteiger partial charge on any atom is -0.480 e. The number of aromatic nitrogens is 2. The molecular formula is C9H13N3O3. The number of amides is 1.